The van der Waals surface area contributed by atoms with Crippen molar-refractivity contribution in [1.29, 1.82) is 0 Å². The van der Waals surface area contributed by atoms with E-state index in [1.807, 2.05) is 4.90 Å². The molecule has 0 saturated carbocycles. The summed E-state index contributed by atoms with van der Waals surface area (Å²) in [5, 5.41) is 15.5. The maximum Gasteiger partial charge on any atom is 0.325 e. The fraction of sp³-hybridized carbons (Fsp3) is 0.381. The second-order valence-corrected chi connectivity index (χ2v) is 8.64. The lowest BCUT2D eigenvalue weighted by molar-refractivity contribution is -0.132. The van der Waals surface area contributed by atoms with Crippen LogP contribution in [-0.2, 0) is 24.9 Å². The van der Waals surface area contributed by atoms with Crippen LogP contribution in [0.1, 0.15) is 11.4 Å². The number of piperazine rings is 1. The number of rotatable bonds is 7. The van der Waals surface area contributed by atoms with Gasteiger partial charge in [0.1, 0.15) is 18.1 Å². The molecule has 2 N–H and O–H groups in total. The maximum absolute atomic E-state index is 12.5. The Balaban J connectivity index is 1.22. The van der Waals surface area contributed by atoms with Crippen molar-refractivity contribution in [2.45, 2.75) is 13.0 Å². The van der Waals surface area contributed by atoms with Gasteiger partial charge in [0, 0.05) is 44.3 Å². The minimum Gasteiger partial charge on any atom is -0.487 e. The molecule has 1 saturated heterocycles. The number of nitrogens with one attached hydrogen (secondary N) is 2. The largest absolute Gasteiger partial charge is 0.487 e. The Morgan fingerprint density at radius 3 is 2.52 bits per heavy atom. The number of nitrogens with zero attached hydrogens (tertiary/aromatic N) is 6. The predicted octanol–water partition coefficient (Wildman–Crippen LogP) is 1.81. The highest BCUT2D eigenvalue weighted by atomic mass is 32.1. The molecule has 1 aromatic carbocycles. The van der Waals surface area contributed by atoms with Crippen LogP contribution in [0.3, 0.4) is 0 Å². The number of hydrogen-bond acceptors (Lipinski definition) is 8. The summed E-state index contributed by atoms with van der Waals surface area (Å²) in [5.41, 5.74) is 2.00. The molecule has 33 heavy (non-hydrogen) atoms. The Hall–Kier alpha value is -3.51. The second kappa shape index (κ2) is 10.4. The number of urea groups is 1. The van der Waals surface area contributed by atoms with E-state index in [0.29, 0.717) is 28.9 Å². The van der Waals surface area contributed by atoms with Crippen molar-refractivity contribution in [1.82, 2.24) is 29.8 Å². The van der Waals surface area contributed by atoms with Gasteiger partial charge in [0.05, 0.1) is 18.3 Å². The molecule has 1 fully saturated rings. The SMILES string of the molecule is CN1CCN(C(=O)Cc2csc(NC(=O)Nc3ccc(OCc4cn(C)nn4)cc3)n2)CC1. The van der Waals surface area contributed by atoms with Crippen molar-refractivity contribution in [2.24, 2.45) is 7.05 Å². The number of aromatic nitrogens is 4. The van der Waals surface area contributed by atoms with Gasteiger partial charge in [0.15, 0.2) is 5.13 Å². The third-order valence-electron chi connectivity index (χ3n) is 5.11. The van der Waals surface area contributed by atoms with E-state index in [9.17, 15) is 9.59 Å². The van der Waals surface area contributed by atoms with Gasteiger partial charge >= 0.3 is 6.03 Å². The van der Waals surface area contributed by atoms with Gasteiger partial charge in [-0.25, -0.2) is 9.78 Å². The first-order valence-corrected chi connectivity index (χ1v) is 11.4. The molecule has 0 atom stereocenters. The van der Waals surface area contributed by atoms with Crippen LogP contribution in [0.15, 0.2) is 35.8 Å². The van der Waals surface area contributed by atoms with Crippen LogP contribution >= 0.6 is 11.3 Å². The smallest absolute Gasteiger partial charge is 0.325 e. The quantitative estimate of drug-likeness (QED) is 0.541. The molecular weight excluding hydrogens is 444 g/mol. The number of aryl methyl sites for hydroxylation is 1. The molecule has 0 bridgehead atoms. The van der Waals surface area contributed by atoms with E-state index in [0.717, 1.165) is 31.9 Å². The van der Waals surface area contributed by atoms with Crippen LogP contribution in [0, 0.1) is 0 Å². The third-order valence-corrected chi connectivity index (χ3v) is 5.92. The lowest BCUT2D eigenvalue weighted by Gasteiger charge is -2.32. The molecule has 1 aliphatic heterocycles. The number of amides is 3. The fourth-order valence-corrected chi connectivity index (χ4v) is 3.99. The molecule has 4 rings (SSSR count). The Bertz CT molecular complexity index is 1090. The summed E-state index contributed by atoms with van der Waals surface area (Å²) in [6, 6.07) is 6.60. The van der Waals surface area contributed by atoms with Gasteiger partial charge in [-0.3, -0.25) is 14.8 Å². The molecule has 0 spiro atoms. The molecule has 0 radical (unpaired) electrons. The summed E-state index contributed by atoms with van der Waals surface area (Å²) in [7, 11) is 3.84. The summed E-state index contributed by atoms with van der Waals surface area (Å²) < 4.78 is 7.27. The summed E-state index contributed by atoms with van der Waals surface area (Å²) >= 11 is 1.29. The van der Waals surface area contributed by atoms with Crippen LogP contribution in [0.2, 0.25) is 0 Å². The average molecular weight is 471 g/mol. The topological polar surface area (TPSA) is 118 Å². The lowest BCUT2D eigenvalue weighted by Crippen LogP contribution is -2.47. The van der Waals surface area contributed by atoms with E-state index < -0.39 is 6.03 Å². The molecule has 0 aliphatic carbocycles. The predicted molar refractivity (Wildman–Crippen MR) is 124 cm³/mol. The van der Waals surface area contributed by atoms with E-state index in [-0.39, 0.29) is 12.3 Å². The minimum atomic E-state index is -0.408. The summed E-state index contributed by atoms with van der Waals surface area (Å²) in [6.45, 7) is 3.54. The van der Waals surface area contributed by atoms with Crippen molar-refractivity contribution >= 4 is 34.1 Å². The second-order valence-electron chi connectivity index (χ2n) is 7.78. The zero-order valence-electron chi connectivity index (χ0n) is 18.5. The maximum atomic E-state index is 12.5. The molecule has 174 valence electrons. The molecule has 1 aliphatic rings. The van der Waals surface area contributed by atoms with E-state index in [1.54, 1.807) is 47.6 Å². The highest BCUT2D eigenvalue weighted by molar-refractivity contribution is 7.14. The van der Waals surface area contributed by atoms with Crippen LogP contribution in [-0.4, -0.2) is 74.9 Å². The zero-order valence-corrected chi connectivity index (χ0v) is 19.3. The summed E-state index contributed by atoms with van der Waals surface area (Å²) in [6.07, 6.45) is 2.02. The number of thiazole rings is 1. The molecule has 12 heteroatoms. The average Bonchev–Trinajstić information content (AvgIpc) is 3.42. The highest BCUT2D eigenvalue weighted by Gasteiger charge is 2.20. The first kappa shape index (κ1) is 22.7. The molecule has 11 nitrogen and oxygen atoms in total. The van der Waals surface area contributed by atoms with Gasteiger partial charge in [-0.05, 0) is 31.3 Å². The first-order valence-electron chi connectivity index (χ1n) is 10.5. The summed E-state index contributed by atoms with van der Waals surface area (Å²) in [5.74, 6) is 0.715. The number of carbonyl (C=O) groups is 2. The zero-order chi connectivity index (χ0) is 23.2. The van der Waals surface area contributed by atoms with Crippen molar-refractivity contribution in [2.75, 3.05) is 43.9 Å². The van der Waals surface area contributed by atoms with Crippen molar-refractivity contribution < 1.29 is 14.3 Å². The van der Waals surface area contributed by atoms with Gasteiger partial charge in [0.25, 0.3) is 0 Å². The minimum absolute atomic E-state index is 0.0611. The molecule has 3 aromatic rings. The van der Waals surface area contributed by atoms with Gasteiger partial charge in [-0.15, -0.1) is 16.4 Å². The highest BCUT2D eigenvalue weighted by Crippen LogP contribution is 2.19. The molecule has 2 aromatic heterocycles. The van der Waals surface area contributed by atoms with E-state index in [2.05, 4.69) is 37.9 Å². The Morgan fingerprint density at radius 2 is 1.82 bits per heavy atom. The van der Waals surface area contributed by atoms with Crippen LogP contribution < -0.4 is 15.4 Å². The van der Waals surface area contributed by atoms with Gasteiger partial charge in [-0.1, -0.05) is 5.21 Å². The van der Waals surface area contributed by atoms with Crippen molar-refractivity contribution in [3.63, 3.8) is 0 Å². The van der Waals surface area contributed by atoms with Crippen LogP contribution in [0.4, 0.5) is 15.6 Å². The lowest BCUT2D eigenvalue weighted by atomic mass is 10.2. The monoisotopic (exact) mass is 470 g/mol. The van der Waals surface area contributed by atoms with Crippen molar-refractivity contribution in [3.8, 4) is 5.75 Å². The first-order chi connectivity index (χ1) is 15.9. The fourth-order valence-electron chi connectivity index (χ4n) is 3.28. The molecular formula is C21H26N8O3S. The van der Waals surface area contributed by atoms with E-state index in [1.165, 1.54) is 11.3 Å². The molecule has 0 unspecified atom stereocenters. The Morgan fingerprint density at radius 1 is 1.06 bits per heavy atom. The number of hydrogen-bond donors (Lipinski definition) is 2. The van der Waals surface area contributed by atoms with Crippen LogP contribution in [0.25, 0.3) is 0 Å². The number of benzene rings is 1. The number of anilines is 2. The molecule has 3 amide bonds. The number of ether oxygens (including phenoxy) is 1. The van der Waals surface area contributed by atoms with Gasteiger partial charge in [0.2, 0.25) is 5.91 Å². The van der Waals surface area contributed by atoms with Crippen molar-refractivity contribution in [3.05, 3.63) is 47.2 Å². The number of carbonyl (C=O) groups excluding carboxylic acids is 2. The summed E-state index contributed by atoms with van der Waals surface area (Å²) in [4.78, 5) is 33.2. The van der Waals surface area contributed by atoms with Crippen LogP contribution in [0.5, 0.6) is 5.75 Å². The normalized spacial score (nSPS) is 14.2. The Labute approximate surface area is 195 Å². The standard InChI is InChI=1S/C21H26N8O3S/c1-27-7-9-29(10-8-27)19(30)11-16-14-33-21(23-16)24-20(31)22-15-3-5-18(6-4-15)32-13-17-12-28(2)26-25-17/h3-6,12,14H,7-11,13H2,1-2H3,(H2,22,23,24,31). The van der Waals surface area contributed by atoms with Gasteiger partial charge in [-0.2, -0.15) is 0 Å². The Kier molecular flexibility index (Phi) is 7.15. The number of likely N-dealkylation sites (N-methyl/N-ethyl adjacent to an activating group) is 1. The third kappa shape index (κ3) is 6.49. The van der Waals surface area contributed by atoms with E-state index in [4.69, 9.17) is 4.74 Å². The molecule has 3 heterocycles. The van der Waals surface area contributed by atoms with Gasteiger partial charge < -0.3 is 19.9 Å². The van der Waals surface area contributed by atoms with E-state index >= 15 is 0 Å².